The fourth-order valence-electron chi connectivity index (χ4n) is 1.56. The lowest BCUT2D eigenvalue weighted by Crippen LogP contribution is -2.03. The zero-order valence-electron chi connectivity index (χ0n) is 9.91. The van der Waals surface area contributed by atoms with Crippen molar-refractivity contribution in [1.29, 1.82) is 0 Å². The predicted octanol–water partition coefficient (Wildman–Crippen LogP) is 3.76. The normalized spacial score (nSPS) is 10.7. The first-order valence-corrected chi connectivity index (χ1v) is 6.17. The van der Waals surface area contributed by atoms with E-state index in [9.17, 15) is 8.78 Å². The molecule has 1 aromatic carbocycles. The van der Waals surface area contributed by atoms with Gasteiger partial charge in [-0.1, -0.05) is 11.6 Å². The molecule has 2 rings (SSSR count). The van der Waals surface area contributed by atoms with Gasteiger partial charge in [-0.15, -0.1) is 11.3 Å². The van der Waals surface area contributed by atoms with Gasteiger partial charge in [0.2, 0.25) is 0 Å². The monoisotopic (exact) mass is 270 g/mol. The van der Waals surface area contributed by atoms with Crippen molar-refractivity contribution in [2.75, 3.05) is 12.4 Å². The molecule has 0 bridgehead atoms. The molecule has 1 N–H and O–H groups in total. The first-order chi connectivity index (χ1) is 8.60. The molecule has 0 saturated heterocycles. The molecule has 0 saturated carbocycles. The Kier molecular flexibility index (Phi) is 3.76. The van der Waals surface area contributed by atoms with E-state index >= 15 is 0 Å². The molecular weight excluding hydrogens is 258 g/mol. The van der Waals surface area contributed by atoms with Crippen LogP contribution in [0, 0.1) is 6.92 Å². The van der Waals surface area contributed by atoms with Crippen molar-refractivity contribution in [3.05, 3.63) is 29.1 Å². The molecule has 0 fully saturated rings. The highest BCUT2D eigenvalue weighted by Crippen LogP contribution is 2.33. The van der Waals surface area contributed by atoms with E-state index in [0.717, 1.165) is 10.7 Å². The maximum Gasteiger partial charge on any atom is 0.387 e. The van der Waals surface area contributed by atoms with Crippen LogP contribution >= 0.6 is 11.3 Å². The first kappa shape index (κ1) is 12.8. The fourth-order valence-corrected chi connectivity index (χ4v) is 2.23. The number of hydrogen-bond acceptors (Lipinski definition) is 4. The number of hydrogen-bond donors (Lipinski definition) is 1. The first-order valence-electron chi connectivity index (χ1n) is 5.29. The molecule has 0 aliphatic carbocycles. The van der Waals surface area contributed by atoms with Gasteiger partial charge in [0.25, 0.3) is 0 Å². The number of aromatic nitrogens is 1. The van der Waals surface area contributed by atoms with Crippen LogP contribution in [0.4, 0.5) is 13.9 Å². The molecule has 96 valence electrons. The lowest BCUT2D eigenvalue weighted by molar-refractivity contribution is -0.0494. The van der Waals surface area contributed by atoms with Crippen molar-refractivity contribution in [2.24, 2.45) is 0 Å². The zero-order chi connectivity index (χ0) is 13.1. The minimum absolute atomic E-state index is 0.142. The van der Waals surface area contributed by atoms with Gasteiger partial charge in [0, 0.05) is 18.0 Å². The maximum atomic E-state index is 12.3. The third-order valence-electron chi connectivity index (χ3n) is 2.35. The van der Waals surface area contributed by atoms with Gasteiger partial charge in [0.05, 0.1) is 5.69 Å². The van der Waals surface area contributed by atoms with E-state index in [4.69, 9.17) is 0 Å². The second-order valence-electron chi connectivity index (χ2n) is 3.67. The molecule has 1 aromatic heterocycles. The zero-order valence-corrected chi connectivity index (χ0v) is 10.7. The summed E-state index contributed by atoms with van der Waals surface area (Å²) in [5.41, 5.74) is 2.17. The summed E-state index contributed by atoms with van der Waals surface area (Å²) in [6.45, 7) is -0.949. The van der Waals surface area contributed by atoms with Gasteiger partial charge >= 0.3 is 6.61 Å². The highest BCUT2D eigenvalue weighted by molar-refractivity contribution is 7.14. The van der Waals surface area contributed by atoms with Crippen LogP contribution in [0.2, 0.25) is 0 Å². The lowest BCUT2D eigenvalue weighted by Gasteiger charge is -2.09. The molecule has 1 heterocycles. The quantitative estimate of drug-likeness (QED) is 0.918. The number of nitrogens with zero attached hydrogens (tertiary/aromatic N) is 1. The largest absolute Gasteiger partial charge is 0.434 e. The van der Waals surface area contributed by atoms with Crippen molar-refractivity contribution in [3.8, 4) is 17.0 Å². The average Bonchev–Trinajstić information content (AvgIpc) is 2.79. The Labute approximate surface area is 107 Å². The summed E-state index contributed by atoms with van der Waals surface area (Å²) in [7, 11) is 1.76. The summed E-state index contributed by atoms with van der Waals surface area (Å²) in [6.07, 6.45) is 0. The lowest BCUT2D eigenvalue weighted by atomic mass is 10.1. The van der Waals surface area contributed by atoms with E-state index in [2.05, 4.69) is 15.0 Å². The van der Waals surface area contributed by atoms with Crippen molar-refractivity contribution in [1.82, 2.24) is 4.98 Å². The summed E-state index contributed by atoms with van der Waals surface area (Å²) in [5.74, 6) is 0.142. The molecular formula is C12H12F2N2OS. The smallest absolute Gasteiger partial charge is 0.387 e. The Bertz CT molecular complexity index is 543. The van der Waals surface area contributed by atoms with Gasteiger partial charge in [0.1, 0.15) is 5.75 Å². The van der Waals surface area contributed by atoms with Gasteiger partial charge in [-0.3, -0.25) is 0 Å². The summed E-state index contributed by atoms with van der Waals surface area (Å²) < 4.78 is 29.2. The number of anilines is 1. The van der Waals surface area contributed by atoms with Crippen LogP contribution in [0.3, 0.4) is 0 Å². The molecule has 0 unspecified atom stereocenters. The van der Waals surface area contributed by atoms with Gasteiger partial charge in [0.15, 0.2) is 5.13 Å². The minimum Gasteiger partial charge on any atom is -0.434 e. The van der Waals surface area contributed by atoms with Crippen LogP contribution in [0.25, 0.3) is 11.3 Å². The number of benzene rings is 1. The van der Waals surface area contributed by atoms with E-state index in [1.165, 1.54) is 17.4 Å². The Morgan fingerprint density at radius 2 is 2.17 bits per heavy atom. The summed E-state index contributed by atoms with van der Waals surface area (Å²) in [5, 5.41) is 5.45. The van der Waals surface area contributed by atoms with Gasteiger partial charge in [-0.2, -0.15) is 8.78 Å². The Balaban J connectivity index is 2.43. The number of thiazole rings is 1. The van der Waals surface area contributed by atoms with Crippen LogP contribution in [0.15, 0.2) is 23.6 Å². The summed E-state index contributed by atoms with van der Waals surface area (Å²) in [4.78, 5) is 4.29. The predicted molar refractivity (Wildman–Crippen MR) is 68.5 cm³/mol. The molecule has 0 aliphatic rings. The third-order valence-corrected chi connectivity index (χ3v) is 3.20. The van der Waals surface area contributed by atoms with Crippen LogP contribution in [-0.2, 0) is 0 Å². The Hall–Kier alpha value is -1.69. The number of alkyl halides is 2. The van der Waals surface area contributed by atoms with E-state index < -0.39 is 6.61 Å². The molecule has 0 amide bonds. The number of nitrogens with one attached hydrogen (secondary N) is 1. The van der Waals surface area contributed by atoms with Crippen LogP contribution < -0.4 is 10.1 Å². The Morgan fingerprint density at radius 3 is 2.78 bits per heavy atom. The van der Waals surface area contributed by atoms with Crippen molar-refractivity contribution in [2.45, 2.75) is 13.5 Å². The van der Waals surface area contributed by atoms with Crippen molar-refractivity contribution >= 4 is 16.5 Å². The van der Waals surface area contributed by atoms with E-state index in [1.54, 1.807) is 24.6 Å². The van der Waals surface area contributed by atoms with Crippen molar-refractivity contribution < 1.29 is 13.5 Å². The molecule has 3 nitrogen and oxygen atoms in total. The second kappa shape index (κ2) is 5.30. The van der Waals surface area contributed by atoms with E-state index in [0.29, 0.717) is 11.3 Å². The second-order valence-corrected chi connectivity index (χ2v) is 4.52. The van der Waals surface area contributed by atoms with Crippen molar-refractivity contribution in [3.63, 3.8) is 0 Å². The molecule has 0 atom stereocenters. The van der Waals surface area contributed by atoms with Gasteiger partial charge < -0.3 is 10.1 Å². The minimum atomic E-state index is -2.84. The van der Waals surface area contributed by atoms with Crippen LogP contribution in [0.1, 0.15) is 5.56 Å². The molecule has 6 heteroatoms. The molecule has 0 spiro atoms. The number of rotatable bonds is 4. The Morgan fingerprint density at radius 1 is 1.39 bits per heavy atom. The highest BCUT2D eigenvalue weighted by Gasteiger charge is 2.13. The summed E-state index contributed by atoms with van der Waals surface area (Å²) in [6, 6.07) is 5.05. The van der Waals surface area contributed by atoms with E-state index in [1.807, 2.05) is 6.92 Å². The van der Waals surface area contributed by atoms with Gasteiger partial charge in [-0.25, -0.2) is 4.98 Å². The molecule has 18 heavy (non-hydrogen) atoms. The highest BCUT2D eigenvalue weighted by atomic mass is 32.1. The van der Waals surface area contributed by atoms with Crippen LogP contribution in [-0.4, -0.2) is 18.6 Å². The fraction of sp³-hybridized carbons (Fsp3) is 0.250. The topological polar surface area (TPSA) is 34.2 Å². The SMILES string of the molecule is CNc1nc(-c2cc(C)ccc2OC(F)F)cs1. The molecule has 0 aliphatic heterocycles. The third kappa shape index (κ3) is 2.76. The summed E-state index contributed by atoms with van der Waals surface area (Å²) >= 11 is 1.41. The maximum absolute atomic E-state index is 12.3. The van der Waals surface area contributed by atoms with E-state index in [-0.39, 0.29) is 5.75 Å². The molecule has 2 aromatic rings. The van der Waals surface area contributed by atoms with Crippen LogP contribution in [0.5, 0.6) is 5.75 Å². The van der Waals surface area contributed by atoms with Gasteiger partial charge in [-0.05, 0) is 19.1 Å². The standard InChI is InChI=1S/C12H12F2N2OS/c1-7-3-4-10(17-11(13)14)8(5-7)9-6-18-12(15-2)16-9/h3-6,11H,1-2H3,(H,15,16). The molecule has 0 radical (unpaired) electrons. The number of halogens is 2. The average molecular weight is 270 g/mol. The number of ether oxygens (including phenoxy) is 1. The number of aryl methyl sites for hydroxylation is 1.